The topological polar surface area (TPSA) is 73.2 Å². The third-order valence-electron chi connectivity index (χ3n) is 3.12. The van der Waals surface area contributed by atoms with Crippen LogP contribution in [0.15, 0.2) is 18.2 Å². The molecule has 1 aromatic carbocycles. The molecule has 1 N–H and O–H groups in total. The second-order valence-corrected chi connectivity index (χ2v) is 4.32. The second kappa shape index (κ2) is 5.16. The molecule has 1 aliphatic heterocycles. The molecule has 2 amide bonds. The van der Waals surface area contributed by atoms with E-state index in [0.717, 1.165) is 4.90 Å². The van der Waals surface area contributed by atoms with Crippen LogP contribution in [0.2, 0.25) is 0 Å². The number of rotatable bonds is 3. The number of nitrogens with zero attached hydrogens (tertiary/aromatic N) is 2. The average molecular weight is 261 g/mol. The lowest BCUT2D eigenvalue weighted by Gasteiger charge is -2.11. The van der Waals surface area contributed by atoms with Crippen LogP contribution in [0.25, 0.3) is 0 Å². The van der Waals surface area contributed by atoms with Crippen LogP contribution >= 0.6 is 0 Å². The minimum absolute atomic E-state index is 0.0368. The summed E-state index contributed by atoms with van der Waals surface area (Å²) < 4.78 is 13.8. The molecule has 1 atom stereocenters. The Bertz CT molecular complexity index is 580. The Labute approximate surface area is 109 Å². The van der Waals surface area contributed by atoms with E-state index in [-0.39, 0.29) is 30.3 Å². The number of likely N-dealkylation sites (N-methyl/N-ethyl adjacent to an activating group) is 1. The van der Waals surface area contributed by atoms with E-state index in [2.05, 4.69) is 5.32 Å². The van der Waals surface area contributed by atoms with Gasteiger partial charge < -0.3 is 5.32 Å². The fraction of sp³-hybridized carbons (Fsp3) is 0.308. The highest BCUT2D eigenvalue weighted by atomic mass is 19.1. The Kier molecular flexibility index (Phi) is 3.58. The predicted molar refractivity (Wildman–Crippen MR) is 64.1 cm³/mol. The fourth-order valence-corrected chi connectivity index (χ4v) is 1.95. The van der Waals surface area contributed by atoms with E-state index in [9.17, 15) is 14.0 Å². The molecular formula is C13H12FN3O2. The molecule has 5 nitrogen and oxygen atoms in total. The summed E-state index contributed by atoms with van der Waals surface area (Å²) in [6.45, 7) is 0.0961. The van der Waals surface area contributed by atoms with E-state index in [4.69, 9.17) is 5.26 Å². The predicted octanol–water partition coefficient (Wildman–Crippen LogP) is 0.544. The SMILES string of the molecule is CN1C(=O)CC(NCc2cccc(C#N)c2F)C1=O. The van der Waals surface area contributed by atoms with Gasteiger partial charge in [0.2, 0.25) is 11.8 Å². The molecule has 19 heavy (non-hydrogen) atoms. The van der Waals surface area contributed by atoms with Gasteiger partial charge in [-0.25, -0.2) is 4.39 Å². The van der Waals surface area contributed by atoms with Gasteiger partial charge in [0.1, 0.15) is 11.9 Å². The van der Waals surface area contributed by atoms with Crippen LogP contribution in [0.4, 0.5) is 4.39 Å². The summed E-state index contributed by atoms with van der Waals surface area (Å²) in [5, 5.41) is 11.6. The first-order valence-electron chi connectivity index (χ1n) is 5.76. The Balaban J connectivity index is 2.07. The van der Waals surface area contributed by atoms with Gasteiger partial charge in [-0.2, -0.15) is 5.26 Å². The zero-order valence-corrected chi connectivity index (χ0v) is 10.3. The maximum atomic E-state index is 13.8. The van der Waals surface area contributed by atoms with Crippen molar-refractivity contribution >= 4 is 11.8 Å². The molecule has 6 heteroatoms. The molecule has 1 unspecified atom stereocenters. The Morgan fingerprint density at radius 2 is 2.26 bits per heavy atom. The first-order chi connectivity index (χ1) is 9.04. The van der Waals surface area contributed by atoms with Crippen LogP contribution in [0, 0.1) is 17.1 Å². The third-order valence-corrected chi connectivity index (χ3v) is 3.12. The summed E-state index contributed by atoms with van der Waals surface area (Å²) >= 11 is 0. The molecule has 2 rings (SSSR count). The van der Waals surface area contributed by atoms with E-state index in [1.807, 2.05) is 0 Å². The number of amides is 2. The maximum absolute atomic E-state index is 13.8. The van der Waals surface area contributed by atoms with Crippen LogP contribution in [-0.2, 0) is 16.1 Å². The van der Waals surface area contributed by atoms with Gasteiger partial charge in [-0.3, -0.25) is 14.5 Å². The minimum Gasteiger partial charge on any atom is -0.301 e. The first kappa shape index (κ1) is 13.2. The average Bonchev–Trinajstić information content (AvgIpc) is 2.65. The normalized spacial score (nSPS) is 18.8. The van der Waals surface area contributed by atoms with Crippen LogP contribution in [0.1, 0.15) is 17.5 Å². The number of halogens is 1. The van der Waals surface area contributed by atoms with Gasteiger partial charge in [-0.05, 0) is 6.07 Å². The van der Waals surface area contributed by atoms with E-state index in [1.165, 1.54) is 19.2 Å². The summed E-state index contributed by atoms with van der Waals surface area (Å²) in [4.78, 5) is 24.0. The zero-order valence-electron chi connectivity index (χ0n) is 10.3. The van der Waals surface area contributed by atoms with Gasteiger partial charge in [-0.1, -0.05) is 12.1 Å². The Morgan fingerprint density at radius 1 is 1.53 bits per heavy atom. The summed E-state index contributed by atoms with van der Waals surface area (Å²) in [6.07, 6.45) is 0.0783. The third kappa shape index (κ3) is 2.46. The number of carbonyl (C=O) groups excluding carboxylic acids is 2. The summed E-state index contributed by atoms with van der Waals surface area (Å²) in [5.74, 6) is -1.17. The lowest BCUT2D eigenvalue weighted by Crippen LogP contribution is -2.36. The lowest BCUT2D eigenvalue weighted by molar-refractivity contribution is -0.137. The molecule has 0 saturated carbocycles. The summed E-state index contributed by atoms with van der Waals surface area (Å²) in [5.41, 5.74) is 0.263. The van der Waals surface area contributed by atoms with Gasteiger partial charge in [0, 0.05) is 19.2 Å². The molecular weight excluding hydrogens is 249 g/mol. The van der Waals surface area contributed by atoms with E-state index >= 15 is 0 Å². The molecule has 1 aromatic rings. The molecule has 1 heterocycles. The minimum atomic E-state index is -0.623. The van der Waals surface area contributed by atoms with Gasteiger partial charge in [-0.15, -0.1) is 0 Å². The monoisotopic (exact) mass is 261 g/mol. The molecule has 0 radical (unpaired) electrons. The van der Waals surface area contributed by atoms with Gasteiger partial charge >= 0.3 is 0 Å². The number of nitriles is 1. The van der Waals surface area contributed by atoms with Crippen molar-refractivity contribution in [2.24, 2.45) is 0 Å². The Hall–Kier alpha value is -2.26. The standard InChI is InChI=1S/C13H12FN3O2/c1-17-11(18)5-10(13(17)19)16-7-9-4-2-3-8(6-15)12(9)14/h2-4,10,16H,5,7H2,1H3. The van der Waals surface area contributed by atoms with Crippen molar-refractivity contribution in [1.29, 1.82) is 5.26 Å². The van der Waals surface area contributed by atoms with E-state index in [1.54, 1.807) is 12.1 Å². The number of likely N-dealkylation sites (tertiary alicyclic amines) is 1. The number of imide groups is 1. The molecule has 0 spiro atoms. The van der Waals surface area contributed by atoms with Crippen molar-refractivity contribution in [3.05, 3.63) is 35.1 Å². The molecule has 0 aliphatic carbocycles. The number of carbonyl (C=O) groups is 2. The van der Waals surface area contributed by atoms with Crippen molar-refractivity contribution in [3.63, 3.8) is 0 Å². The van der Waals surface area contributed by atoms with Crippen LogP contribution < -0.4 is 5.32 Å². The quantitative estimate of drug-likeness (QED) is 0.806. The van der Waals surface area contributed by atoms with Gasteiger partial charge in [0.15, 0.2) is 0 Å². The number of nitrogens with one attached hydrogen (secondary N) is 1. The zero-order chi connectivity index (χ0) is 14.0. The van der Waals surface area contributed by atoms with Crippen molar-refractivity contribution in [1.82, 2.24) is 10.2 Å². The van der Waals surface area contributed by atoms with Crippen LogP contribution in [0.3, 0.4) is 0 Å². The molecule has 1 fully saturated rings. The first-order valence-corrected chi connectivity index (χ1v) is 5.76. The molecule has 98 valence electrons. The van der Waals surface area contributed by atoms with Crippen LogP contribution in [-0.4, -0.2) is 29.8 Å². The van der Waals surface area contributed by atoms with Crippen LogP contribution in [0.5, 0.6) is 0 Å². The largest absolute Gasteiger partial charge is 0.301 e. The number of hydrogen-bond acceptors (Lipinski definition) is 4. The highest BCUT2D eigenvalue weighted by Crippen LogP contribution is 2.14. The summed E-state index contributed by atoms with van der Waals surface area (Å²) in [7, 11) is 1.42. The second-order valence-electron chi connectivity index (χ2n) is 4.32. The van der Waals surface area contributed by atoms with Crippen molar-refractivity contribution in [2.45, 2.75) is 19.0 Å². The number of hydrogen-bond donors (Lipinski definition) is 1. The van der Waals surface area contributed by atoms with Crippen molar-refractivity contribution in [2.75, 3.05) is 7.05 Å². The van der Waals surface area contributed by atoms with Gasteiger partial charge in [0.05, 0.1) is 18.0 Å². The van der Waals surface area contributed by atoms with E-state index < -0.39 is 11.9 Å². The highest BCUT2D eigenvalue weighted by molar-refractivity contribution is 6.05. The molecule has 0 bridgehead atoms. The molecule has 1 saturated heterocycles. The number of benzene rings is 1. The van der Waals surface area contributed by atoms with Crippen molar-refractivity contribution in [3.8, 4) is 6.07 Å². The molecule has 1 aliphatic rings. The summed E-state index contributed by atoms with van der Waals surface area (Å²) in [6, 6.07) is 5.63. The maximum Gasteiger partial charge on any atom is 0.246 e. The Morgan fingerprint density at radius 3 is 2.84 bits per heavy atom. The smallest absolute Gasteiger partial charge is 0.246 e. The lowest BCUT2D eigenvalue weighted by atomic mass is 10.1. The van der Waals surface area contributed by atoms with Crippen molar-refractivity contribution < 1.29 is 14.0 Å². The van der Waals surface area contributed by atoms with Gasteiger partial charge in [0.25, 0.3) is 0 Å². The highest BCUT2D eigenvalue weighted by Gasteiger charge is 2.35. The fourth-order valence-electron chi connectivity index (χ4n) is 1.95. The van der Waals surface area contributed by atoms with E-state index in [0.29, 0.717) is 5.56 Å². The molecule has 0 aromatic heterocycles.